The third-order valence-electron chi connectivity index (χ3n) is 2.71. The van der Waals surface area contributed by atoms with E-state index in [0.717, 1.165) is 6.42 Å². The first-order valence-corrected chi connectivity index (χ1v) is 8.29. The Bertz CT molecular complexity index is 703. The largest absolute Gasteiger partial charge is 0.493 e. The maximum absolute atomic E-state index is 11.5. The number of hydrogen-bond acceptors (Lipinski definition) is 5. The van der Waals surface area contributed by atoms with E-state index >= 15 is 0 Å². The van der Waals surface area contributed by atoms with Crippen molar-refractivity contribution in [2.24, 2.45) is 0 Å². The Kier molecular flexibility index (Phi) is 4.80. The van der Waals surface area contributed by atoms with Crippen molar-refractivity contribution in [3.05, 3.63) is 30.5 Å². The number of rotatable bonds is 6. The van der Waals surface area contributed by atoms with Gasteiger partial charge in [0.2, 0.25) is 0 Å². The molecule has 0 bridgehead atoms. The number of fused-ring (bicyclic) bond motifs is 1. The smallest absolute Gasteiger partial charge is 0.263 e. The first kappa shape index (κ1) is 15.0. The highest BCUT2D eigenvalue weighted by Gasteiger charge is 2.17. The molecule has 1 heterocycles. The molecule has 0 N–H and O–H groups in total. The van der Waals surface area contributed by atoms with E-state index in [-0.39, 0.29) is 4.90 Å². The lowest BCUT2D eigenvalue weighted by Gasteiger charge is -2.10. The van der Waals surface area contributed by atoms with Crippen molar-refractivity contribution in [3.63, 3.8) is 0 Å². The number of methoxy groups -OCH3 is 1. The molecule has 0 aliphatic rings. The van der Waals surface area contributed by atoms with Crippen molar-refractivity contribution in [1.82, 2.24) is 4.98 Å². The molecule has 2 aromatic rings. The van der Waals surface area contributed by atoms with Crippen LogP contribution in [0.1, 0.15) is 6.42 Å². The van der Waals surface area contributed by atoms with Crippen LogP contribution in [0.4, 0.5) is 0 Å². The molecule has 5 nitrogen and oxygen atoms in total. The van der Waals surface area contributed by atoms with Crippen LogP contribution in [0.15, 0.2) is 35.4 Å². The Morgan fingerprint density at radius 2 is 2.05 bits per heavy atom. The lowest BCUT2D eigenvalue weighted by atomic mass is 10.2. The Morgan fingerprint density at radius 3 is 2.75 bits per heavy atom. The van der Waals surface area contributed by atoms with Gasteiger partial charge in [0, 0.05) is 42.4 Å². The van der Waals surface area contributed by atoms with E-state index in [1.54, 1.807) is 25.3 Å². The number of pyridine rings is 1. The van der Waals surface area contributed by atoms with Crippen LogP contribution in [0.3, 0.4) is 0 Å². The summed E-state index contributed by atoms with van der Waals surface area (Å²) in [5.74, 6) is 0.577. The second kappa shape index (κ2) is 6.39. The fourth-order valence-electron chi connectivity index (χ4n) is 1.83. The highest BCUT2D eigenvalue weighted by molar-refractivity contribution is 8.14. The van der Waals surface area contributed by atoms with E-state index < -0.39 is 9.05 Å². The van der Waals surface area contributed by atoms with Crippen LogP contribution in [-0.4, -0.2) is 33.7 Å². The molecule has 0 aliphatic heterocycles. The van der Waals surface area contributed by atoms with Gasteiger partial charge in [-0.2, -0.15) is 0 Å². The van der Waals surface area contributed by atoms with E-state index in [2.05, 4.69) is 4.98 Å². The molecule has 0 fully saturated rings. The van der Waals surface area contributed by atoms with E-state index in [0.29, 0.717) is 29.9 Å². The van der Waals surface area contributed by atoms with Gasteiger partial charge >= 0.3 is 0 Å². The standard InChI is InChI=1S/C13H14ClNO4S/c1-18-8-3-9-19-11-5-6-12(20(14,16)17)13-10(11)4-2-7-15-13/h2,4-7H,3,8-9H2,1H3. The minimum absolute atomic E-state index is 0.0148. The summed E-state index contributed by atoms with van der Waals surface area (Å²) >= 11 is 0. The number of ether oxygens (including phenoxy) is 2. The topological polar surface area (TPSA) is 65.5 Å². The van der Waals surface area contributed by atoms with Crippen LogP contribution in [0.2, 0.25) is 0 Å². The maximum Gasteiger partial charge on any atom is 0.263 e. The summed E-state index contributed by atoms with van der Waals surface area (Å²) in [4.78, 5) is 4.07. The van der Waals surface area contributed by atoms with Crippen molar-refractivity contribution in [1.29, 1.82) is 0 Å². The highest BCUT2D eigenvalue weighted by Crippen LogP contribution is 2.31. The molecule has 0 amide bonds. The van der Waals surface area contributed by atoms with Crippen molar-refractivity contribution in [3.8, 4) is 5.75 Å². The van der Waals surface area contributed by atoms with Gasteiger partial charge in [-0.15, -0.1) is 0 Å². The van der Waals surface area contributed by atoms with Gasteiger partial charge in [0.25, 0.3) is 9.05 Å². The third-order valence-corrected chi connectivity index (χ3v) is 4.06. The molecule has 0 unspecified atom stereocenters. The summed E-state index contributed by atoms with van der Waals surface area (Å²) in [6.45, 7) is 1.08. The van der Waals surface area contributed by atoms with E-state index in [4.69, 9.17) is 20.2 Å². The molecule has 108 valence electrons. The summed E-state index contributed by atoms with van der Waals surface area (Å²) in [6, 6.07) is 6.46. The number of aromatic nitrogens is 1. The summed E-state index contributed by atoms with van der Waals surface area (Å²) in [5, 5.41) is 0.617. The highest BCUT2D eigenvalue weighted by atomic mass is 35.7. The van der Waals surface area contributed by atoms with Crippen LogP contribution in [-0.2, 0) is 13.8 Å². The SMILES string of the molecule is COCCCOc1ccc(S(=O)(=O)Cl)c2ncccc12. The van der Waals surface area contributed by atoms with Gasteiger partial charge in [-0.3, -0.25) is 4.98 Å². The second-order valence-corrected chi connectivity index (χ2v) is 6.63. The number of nitrogens with zero attached hydrogens (tertiary/aromatic N) is 1. The molecule has 20 heavy (non-hydrogen) atoms. The van der Waals surface area contributed by atoms with Gasteiger partial charge in [-0.1, -0.05) is 0 Å². The fourth-order valence-corrected chi connectivity index (χ4v) is 2.83. The number of halogens is 1. The number of hydrogen-bond donors (Lipinski definition) is 0. The molecule has 0 saturated carbocycles. The van der Waals surface area contributed by atoms with Crippen LogP contribution < -0.4 is 4.74 Å². The summed E-state index contributed by atoms with van der Waals surface area (Å²) < 4.78 is 33.6. The zero-order valence-corrected chi connectivity index (χ0v) is 12.4. The van der Waals surface area contributed by atoms with Gasteiger partial charge in [0.1, 0.15) is 10.6 Å². The minimum Gasteiger partial charge on any atom is -0.493 e. The lowest BCUT2D eigenvalue weighted by Crippen LogP contribution is -2.03. The molecule has 0 atom stereocenters. The molecule has 2 rings (SSSR count). The van der Waals surface area contributed by atoms with Crippen LogP contribution in [0.25, 0.3) is 10.9 Å². The van der Waals surface area contributed by atoms with E-state index in [1.807, 2.05) is 0 Å². The Hall–Kier alpha value is -1.37. The predicted molar refractivity (Wildman–Crippen MR) is 76.8 cm³/mol. The normalized spacial score (nSPS) is 11.7. The first-order valence-electron chi connectivity index (χ1n) is 5.98. The van der Waals surface area contributed by atoms with Gasteiger partial charge in [0.15, 0.2) is 0 Å². The summed E-state index contributed by atoms with van der Waals surface area (Å²) in [6.07, 6.45) is 2.26. The Labute approximate surface area is 121 Å². The van der Waals surface area contributed by atoms with Crippen LogP contribution in [0, 0.1) is 0 Å². The number of benzene rings is 1. The lowest BCUT2D eigenvalue weighted by molar-refractivity contribution is 0.172. The molecular formula is C13H14ClNO4S. The average molecular weight is 316 g/mol. The van der Waals surface area contributed by atoms with Crippen molar-refractivity contribution in [2.45, 2.75) is 11.3 Å². The van der Waals surface area contributed by atoms with Gasteiger partial charge in [-0.25, -0.2) is 8.42 Å². The Balaban J connectivity index is 2.39. The monoisotopic (exact) mass is 315 g/mol. The van der Waals surface area contributed by atoms with Crippen LogP contribution >= 0.6 is 10.7 Å². The van der Waals surface area contributed by atoms with Crippen molar-refractivity contribution in [2.75, 3.05) is 20.3 Å². The van der Waals surface area contributed by atoms with Crippen LogP contribution in [0.5, 0.6) is 5.75 Å². The molecule has 0 aliphatic carbocycles. The Morgan fingerprint density at radius 1 is 1.25 bits per heavy atom. The second-order valence-electron chi connectivity index (χ2n) is 4.09. The molecule has 0 spiro atoms. The van der Waals surface area contributed by atoms with Gasteiger partial charge in [-0.05, 0) is 24.3 Å². The quantitative estimate of drug-likeness (QED) is 0.605. The molecule has 1 aromatic carbocycles. The zero-order chi connectivity index (χ0) is 14.6. The molecule has 0 saturated heterocycles. The van der Waals surface area contributed by atoms with Gasteiger partial charge < -0.3 is 9.47 Å². The summed E-state index contributed by atoms with van der Waals surface area (Å²) in [5.41, 5.74) is 0.312. The third kappa shape index (κ3) is 3.39. The molecule has 0 radical (unpaired) electrons. The summed E-state index contributed by atoms with van der Waals surface area (Å²) in [7, 11) is 3.19. The minimum atomic E-state index is -3.84. The van der Waals surface area contributed by atoms with Gasteiger partial charge in [0.05, 0.1) is 12.1 Å². The maximum atomic E-state index is 11.5. The fraction of sp³-hybridized carbons (Fsp3) is 0.308. The predicted octanol–water partition coefficient (Wildman–Crippen LogP) is 2.58. The van der Waals surface area contributed by atoms with E-state index in [1.165, 1.54) is 12.3 Å². The first-order chi connectivity index (χ1) is 9.54. The van der Waals surface area contributed by atoms with Crippen molar-refractivity contribution < 1.29 is 17.9 Å². The molecule has 1 aromatic heterocycles. The molecular weight excluding hydrogens is 302 g/mol. The zero-order valence-electron chi connectivity index (χ0n) is 10.9. The average Bonchev–Trinajstić information content (AvgIpc) is 2.42. The van der Waals surface area contributed by atoms with E-state index in [9.17, 15) is 8.42 Å². The van der Waals surface area contributed by atoms with Crippen molar-refractivity contribution >= 4 is 30.6 Å². The molecule has 7 heteroatoms.